The molecule has 0 bridgehead atoms. The van der Waals surface area contributed by atoms with Crippen LogP contribution in [0, 0.1) is 6.92 Å². The van der Waals surface area contributed by atoms with Gasteiger partial charge in [0, 0.05) is 46.8 Å². The lowest BCUT2D eigenvalue weighted by Crippen LogP contribution is -2.49. The van der Waals surface area contributed by atoms with Gasteiger partial charge in [-0.2, -0.15) is 0 Å². The molecule has 31 heavy (non-hydrogen) atoms. The lowest BCUT2D eigenvalue weighted by atomic mass is 10.1. The number of ether oxygens (including phenoxy) is 1. The van der Waals surface area contributed by atoms with Crippen LogP contribution in [0.4, 0.5) is 5.00 Å². The maximum Gasteiger partial charge on any atom is 0.341 e. The molecule has 0 atom stereocenters. The van der Waals surface area contributed by atoms with Gasteiger partial charge >= 0.3 is 5.97 Å². The van der Waals surface area contributed by atoms with Crippen LogP contribution in [0.25, 0.3) is 0 Å². The number of piperazine rings is 1. The molecule has 2 aromatic rings. The summed E-state index contributed by atoms with van der Waals surface area (Å²) in [6, 6.07) is 10.4. The minimum atomic E-state index is -0.482. The molecule has 1 aliphatic rings. The fourth-order valence-electron chi connectivity index (χ4n) is 3.48. The van der Waals surface area contributed by atoms with Gasteiger partial charge in [0.05, 0.1) is 17.6 Å². The quantitative estimate of drug-likeness (QED) is 0.543. The summed E-state index contributed by atoms with van der Waals surface area (Å²) in [6.45, 7) is 6.06. The van der Waals surface area contributed by atoms with Gasteiger partial charge in [-0.05, 0) is 30.3 Å². The molecule has 1 aliphatic heterocycles. The van der Waals surface area contributed by atoms with Gasteiger partial charge in [-0.25, -0.2) is 4.79 Å². The molecule has 7 nitrogen and oxygen atoms in total. The smallest absolute Gasteiger partial charge is 0.341 e. The number of thiocarbonyl (C=S) groups is 1. The summed E-state index contributed by atoms with van der Waals surface area (Å²) in [6.07, 6.45) is 0. The Morgan fingerprint density at radius 1 is 1.16 bits per heavy atom. The number of carbonyl (C=O) groups is 2. The van der Waals surface area contributed by atoms with Gasteiger partial charge < -0.3 is 19.9 Å². The van der Waals surface area contributed by atoms with E-state index in [0.29, 0.717) is 26.1 Å². The lowest BCUT2D eigenvalue weighted by molar-refractivity contribution is 0.0601. The largest absolute Gasteiger partial charge is 0.465 e. The number of benzene rings is 1. The van der Waals surface area contributed by atoms with Crippen LogP contribution in [-0.2, 0) is 11.3 Å². The van der Waals surface area contributed by atoms with Gasteiger partial charge in [0.25, 0.3) is 5.91 Å². The molecule has 0 radical (unpaired) electrons. The van der Waals surface area contributed by atoms with Crippen molar-refractivity contribution >= 4 is 45.5 Å². The van der Waals surface area contributed by atoms with Gasteiger partial charge in [0.15, 0.2) is 5.11 Å². The van der Waals surface area contributed by atoms with Crippen molar-refractivity contribution in [2.45, 2.75) is 13.5 Å². The van der Waals surface area contributed by atoms with Gasteiger partial charge in [0.1, 0.15) is 5.00 Å². The second-order valence-corrected chi connectivity index (χ2v) is 9.04. The van der Waals surface area contributed by atoms with E-state index in [0.717, 1.165) is 32.7 Å². The Balaban J connectivity index is 1.68. The van der Waals surface area contributed by atoms with Crippen molar-refractivity contribution in [2.24, 2.45) is 0 Å². The number of thiophene rings is 1. The molecule has 1 saturated heterocycles. The van der Waals surface area contributed by atoms with Crippen molar-refractivity contribution in [3.63, 3.8) is 0 Å². The van der Waals surface area contributed by atoms with Crippen molar-refractivity contribution in [3.8, 4) is 0 Å². The molecule has 1 aromatic carbocycles. The van der Waals surface area contributed by atoms with Crippen molar-refractivity contribution in [1.82, 2.24) is 14.7 Å². The Labute approximate surface area is 192 Å². The van der Waals surface area contributed by atoms with E-state index in [1.165, 1.54) is 28.9 Å². The molecule has 3 rings (SSSR count). The zero-order chi connectivity index (χ0) is 22.5. The maximum absolute atomic E-state index is 12.5. The molecule has 0 aliphatic carbocycles. The summed E-state index contributed by atoms with van der Waals surface area (Å²) in [5.41, 5.74) is 2.27. The molecule has 0 unspecified atom stereocenters. The maximum atomic E-state index is 12.5. The molecular weight excluding hydrogens is 432 g/mol. The van der Waals surface area contributed by atoms with Crippen molar-refractivity contribution in [1.29, 1.82) is 0 Å². The van der Waals surface area contributed by atoms with Gasteiger partial charge in [0.2, 0.25) is 0 Å². The fraction of sp³-hybridized carbons (Fsp3) is 0.409. The van der Waals surface area contributed by atoms with Gasteiger partial charge in [-0.1, -0.05) is 30.3 Å². The summed E-state index contributed by atoms with van der Waals surface area (Å²) < 4.78 is 4.95. The van der Waals surface area contributed by atoms with E-state index in [2.05, 4.69) is 39.4 Å². The van der Waals surface area contributed by atoms with E-state index in [4.69, 9.17) is 17.0 Å². The highest BCUT2D eigenvalue weighted by Gasteiger charge is 2.28. The van der Waals surface area contributed by atoms with Crippen LogP contribution in [0.15, 0.2) is 30.3 Å². The SMILES string of the molecule is COC(=O)c1c(NC(=S)N2CCN(Cc3ccccc3)CC2)sc(C(=O)N(C)C)c1C. The number of anilines is 1. The third-order valence-electron chi connectivity index (χ3n) is 5.27. The minimum Gasteiger partial charge on any atom is -0.465 e. The first-order valence-corrected chi connectivity index (χ1v) is 11.3. The van der Waals surface area contributed by atoms with Crippen LogP contribution in [0.3, 0.4) is 0 Å². The van der Waals surface area contributed by atoms with E-state index in [-0.39, 0.29) is 5.91 Å². The third kappa shape index (κ3) is 5.41. The first-order chi connectivity index (χ1) is 14.8. The molecule has 1 fully saturated rings. The Morgan fingerprint density at radius 2 is 1.81 bits per heavy atom. The van der Waals surface area contributed by atoms with Gasteiger partial charge in [-0.3, -0.25) is 9.69 Å². The zero-order valence-corrected chi connectivity index (χ0v) is 19.9. The Morgan fingerprint density at radius 3 is 2.39 bits per heavy atom. The molecule has 1 aromatic heterocycles. The van der Waals surface area contributed by atoms with E-state index >= 15 is 0 Å². The number of hydrogen-bond donors (Lipinski definition) is 1. The van der Waals surface area contributed by atoms with E-state index in [9.17, 15) is 9.59 Å². The average Bonchev–Trinajstić information content (AvgIpc) is 3.09. The highest BCUT2D eigenvalue weighted by Crippen LogP contribution is 2.34. The third-order valence-corrected chi connectivity index (χ3v) is 6.82. The summed E-state index contributed by atoms with van der Waals surface area (Å²) >= 11 is 6.87. The van der Waals surface area contributed by atoms with Gasteiger partial charge in [-0.15, -0.1) is 11.3 Å². The van der Waals surface area contributed by atoms with Crippen LogP contribution in [-0.4, -0.2) is 79.1 Å². The molecule has 2 heterocycles. The summed E-state index contributed by atoms with van der Waals surface area (Å²) in [5.74, 6) is -0.634. The topological polar surface area (TPSA) is 65.1 Å². The van der Waals surface area contributed by atoms with E-state index in [1.54, 1.807) is 21.0 Å². The number of rotatable bonds is 5. The zero-order valence-electron chi connectivity index (χ0n) is 18.3. The predicted molar refractivity (Wildman–Crippen MR) is 128 cm³/mol. The summed E-state index contributed by atoms with van der Waals surface area (Å²) in [4.78, 5) is 31.4. The molecule has 166 valence electrons. The van der Waals surface area contributed by atoms with Crippen molar-refractivity contribution < 1.29 is 14.3 Å². The second-order valence-electron chi connectivity index (χ2n) is 7.63. The fourth-order valence-corrected chi connectivity index (χ4v) is 5.05. The normalized spacial score (nSPS) is 14.3. The first kappa shape index (κ1) is 23.2. The molecular formula is C22H28N4O3S2. The number of carbonyl (C=O) groups excluding carboxylic acids is 2. The first-order valence-electron chi connectivity index (χ1n) is 10.1. The van der Waals surface area contributed by atoms with Crippen LogP contribution >= 0.6 is 23.6 Å². The Bertz CT molecular complexity index is 951. The van der Waals surface area contributed by atoms with E-state index < -0.39 is 5.97 Å². The predicted octanol–water partition coefficient (Wildman–Crippen LogP) is 3.06. The average molecular weight is 461 g/mol. The number of nitrogens with zero attached hydrogens (tertiary/aromatic N) is 3. The van der Waals surface area contributed by atoms with Crippen LogP contribution in [0.5, 0.6) is 0 Å². The highest BCUT2D eigenvalue weighted by atomic mass is 32.1. The number of esters is 1. The standard InChI is InChI=1S/C22H28N4O3S2/c1-15-17(21(28)29-4)19(31-18(15)20(27)24(2)3)23-22(30)26-12-10-25(11-13-26)14-16-8-6-5-7-9-16/h5-9H,10-14H2,1-4H3,(H,23,30). The Hall–Kier alpha value is -2.49. The summed E-state index contributed by atoms with van der Waals surface area (Å²) in [7, 11) is 4.71. The molecule has 1 amide bonds. The van der Waals surface area contributed by atoms with Crippen LogP contribution in [0.2, 0.25) is 0 Å². The highest BCUT2D eigenvalue weighted by molar-refractivity contribution is 7.80. The minimum absolute atomic E-state index is 0.152. The molecule has 9 heteroatoms. The second kappa shape index (κ2) is 10.2. The van der Waals surface area contributed by atoms with Crippen molar-refractivity contribution in [3.05, 3.63) is 51.9 Å². The summed E-state index contributed by atoms with van der Waals surface area (Å²) in [5, 5.41) is 4.30. The molecule has 0 spiro atoms. The van der Waals surface area contributed by atoms with Crippen LogP contribution < -0.4 is 5.32 Å². The number of amides is 1. The molecule has 1 N–H and O–H groups in total. The lowest BCUT2D eigenvalue weighted by Gasteiger charge is -2.36. The number of hydrogen-bond acceptors (Lipinski definition) is 6. The van der Waals surface area contributed by atoms with E-state index in [1.807, 2.05) is 6.07 Å². The van der Waals surface area contributed by atoms with Crippen LogP contribution in [0.1, 0.15) is 31.2 Å². The molecule has 0 saturated carbocycles. The Kier molecular flexibility index (Phi) is 7.64. The van der Waals surface area contributed by atoms with Crippen molar-refractivity contribution in [2.75, 3.05) is 52.7 Å². The number of methoxy groups -OCH3 is 1. The monoisotopic (exact) mass is 460 g/mol. The number of nitrogens with one attached hydrogen (secondary N) is 1.